The Morgan fingerprint density at radius 2 is 1.59 bits per heavy atom. The molecule has 0 aliphatic carbocycles. The summed E-state index contributed by atoms with van der Waals surface area (Å²) in [6.07, 6.45) is -0.951. The first kappa shape index (κ1) is 16.2. The molecular formula is C18H21NO3. The van der Waals surface area contributed by atoms with Crippen molar-refractivity contribution in [3.63, 3.8) is 0 Å². The summed E-state index contributed by atoms with van der Waals surface area (Å²) in [6.45, 7) is 0.376. The summed E-state index contributed by atoms with van der Waals surface area (Å²) >= 11 is 0. The molecule has 116 valence electrons. The topological polar surface area (TPSA) is 58.6 Å². The molecule has 2 rings (SSSR count). The fourth-order valence-electron chi connectivity index (χ4n) is 2.25. The molecule has 2 aromatic carbocycles. The van der Waals surface area contributed by atoms with Gasteiger partial charge in [-0.2, -0.15) is 0 Å². The summed E-state index contributed by atoms with van der Waals surface area (Å²) in [5, 5.41) is 12.8. The predicted octanol–water partition coefficient (Wildman–Crippen LogP) is 2.61. The maximum Gasteiger partial charge on any atom is 0.223 e. The molecule has 0 aromatic heterocycles. The Morgan fingerprint density at radius 3 is 2.14 bits per heavy atom. The Labute approximate surface area is 130 Å². The van der Waals surface area contributed by atoms with E-state index in [9.17, 15) is 9.90 Å². The van der Waals surface area contributed by atoms with Crippen LogP contribution in [-0.4, -0.2) is 24.7 Å². The van der Waals surface area contributed by atoms with Crippen LogP contribution in [0.4, 0.5) is 0 Å². The second-order valence-electron chi connectivity index (χ2n) is 5.07. The first-order valence-corrected chi connectivity index (χ1v) is 7.28. The van der Waals surface area contributed by atoms with E-state index in [1.165, 1.54) is 0 Å². The van der Waals surface area contributed by atoms with Crippen LogP contribution in [-0.2, 0) is 9.53 Å². The van der Waals surface area contributed by atoms with Gasteiger partial charge in [-0.15, -0.1) is 0 Å². The van der Waals surface area contributed by atoms with E-state index in [0.717, 1.165) is 11.1 Å². The van der Waals surface area contributed by atoms with Gasteiger partial charge in [-0.05, 0) is 11.1 Å². The number of amides is 1. The van der Waals surface area contributed by atoms with E-state index in [1.54, 1.807) is 19.2 Å². The van der Waals surface area contributed by atoms with Gasteiger partial charge < -0.3 is 15.2 Å². The molecule has 2 unspecified atom stereocenters. The molecule has 22 heavy (non-hydrogen) atoms. The average Bonchev–Trinajstić information content (AvgIpc) is 2.57. The van der Waals surface area contributed by atoms with Gasteiger partial charge in [0.1, 0.15) is 0 Å². The number of methoxy groups -OCH3 is 1. The largest absolute Gasteiger partial charge is 0.388 e. The lowest BCUT2D eigenvalue weighted by Gasteiger charge is -2.17. The zero-order valence-electron chi connectivity index (χ0n) is 12.6. The second-order valence-corrected chi connectivity index (χ2v) is 5.07. The molecule has 2 N–H and O–H groups in total. The number of hydrogen-bond acceptors (Lipinski definition) is 3. The fraction of sp³-hybridized carbons (Fsp3) is 0.278. The van der Waals surface area contributed by atoms with Crippen LogP contribution in [0.1, 0.15) is 29.8 Å². The molecule has 0 heterocycles. The van der Waals surface area contributed by atoms with Crippen LogP contribution < -0.4 is 5.32 Å². The quantitative estimate of drug-likeness (QED) is 0.826. The molecule has 0 saturated heterocycles. The average molecular weight is 299 g/mol. The third-order valence-corrected chi connectivity index (χ3v) is 3.50. The Bertz CT molecular complexity index is 571. The fourth-order valence-corrected chi connectivity index (χ4v) is 2.25. The number of carbonyl (C=O) groups excluding carboxylic acids is 1. The highest BCUT2D eigenvalue weighted by molar-refractivity contribution is 5.76. The predicted molar refractivity (Wildman–Crippen MR) is 85.2 cm³/mol. The SMILES string of the molecule is COC(CNC(=O)CC(O)c1ccccc1)c1ccccc1. The van der Waals surface area contributed by atoms with Crippen molar-refractivity contribution in [2.75, 3.05) is 13.7 Å². The highest BCUT2D eigenvalue weighted by Gasteiger charge is 2.15. The number of carbonyl (C=O) groups is 1. The number of rotatable bonds is 7. The lowest BCUT2D eigenvalue weighted by atomic mass is 10.1. The summed E-state index contributed by atoms with van der Waals surface area (Å²) in [5.41, 5.74) is 1.75. The molecule has 0 aliphatic heterocycles. The van der Waals surface area contributed by atoms with Gasteiger partial charge >= 0.3 is 0 Å². The van der Waals surface area contributed by atoms with E-state index < -0.39 is 6.10 Å². The van der Waals surface area contributed by atoms with Crippen molar-refractivity contribution in [1.82, 2.24) is 5.32 Å². The van der Waals surface area contributed by atoms with Crippen molar-refractivity contribution in [2.24, 2.45) is 0 Å². The molecule has 4 heteroatoms. The zero-order chi connectivity index (χ0) is 15.8. The molecule has 2 aromatic rings. The van der Waals surface area contributed by atoms with Crippen LogP contribution in [0.25, 0.3) is 0 Å². The number of ether oxygens (including phenoxy) is 1. The van der Waals surface area contributed by atoms with Gasteiger partial charge in [0.05, 0.1) is 18.6 Å². The van der Waals surface area contributed by atoms with E-state index in [-0.39, 0.29) is 18.4 Å². The number of hydrogen-bond donors (Lipinski definition) is 2. The molecule has 0 fully saturated rings. The van der Waals surface area contributed by atoms with Crippen molar-refractivity contribution in [3.05, 3.63) is 71.8 Å². The molecular weight excluding hydrogens is 278 g/mol. The van der Waals surface area contributed by atoms with Gasteiger partial charge in [0.2, 0.25) is 5.91 Å². The number of benzene rings is 2. The molecule has 0 saturated carbocycles. The molecule has 0 radical (unpaired) electrons. The van der Waals surface area contributed by atoms with Crippen LogP contribution in [0.3, 0.4) is 0 Å². The van der Waals surface area contributed by atoms with Crippen molar-refractivity contribution in [3.8, 4) is 0 Å². The lowest BCUT2D eigenvalue weighted by Crippen LogP contribution is -2.30. The Kier molecular flexibility index (Phi) is 6.13. The number of aliphatic hydroxyl groups is 1. The minimum absolute atomic E-state index is 0.0369. The van der Waals surface area contributed by atoms with Crippen LogP contribution in [0.5, 0.6) is 0 Å². The third-order valence-electron chi connectivity index (χ3n) is 3.50. The van der Waals surface area contributed by atoms with Crippen LogP contribution in [0.15, 0.2) is 60.7 Å². The van der Waals surface area contributed by atoms with Gasteiger partial charge in [0.25, 0.3) is 0 Å². The van der Waals surface area contributed by atoms with Gasteiger partial charge in [-0.3, -0.25) is 4.79 Å². The maximum absolute atomic E-state index is 12.0. The third kappa shape index (κ3) is 4.69. The first-order chi connectivity index (χ1) is 10.7. The van der Waals surface area contributed by atoms with Gasteiger partial charge in [0, 0.05) is 13.7 Å². The highest BCUT2D eigenvalue weighted by Crippen LogP contribution is 2.17. The van der Waals surface area contributed by atoms with Crippen molar-refractivity contribution < 1.29 is 14.6 Å². The Morgan fingerprint density at radius 1 is 1.05 bits per heavy atom. The number of nitrogens with one attached hydrogen (secondary N) is 1. The monoisotopic (exact) mass is 299 g/mol. The van der Waals surface area contributed by atoms with Crippen molar-refractivity contribution in [1.29, 1.82) is 0 Å². The van der Waals surface area contributed by atoms with Crippen molar-refractivity contribution in [2.45, 2.75) is 18.6 Å². The smallest absolute Gasteiger partial charge is 0.223 e. The van der Waals surface area contributed by atoms with Gasteiger partial charge in [0.15, 0.2) is 0 Å². The van der Waals surface area contributed by atoms with E-state index >= 15 is 0 Å². The molecule has 1 amide bonds. The van der Waals surface area contributed by atoms with E-state index in [1.807, 2.05) is 48.5 Å². The highest BCUT2D eigenvalue weighted by atomic mass is 16.5. The molecule has 0 spiro atoms. The van der Waals surface area contributed by atoms with E-state index in [0.29, 0.717) is 6.54 Å². The molecule has 4 nitrogen and oxygen atoms in total. The summed E-state index contributed by atoms with van der Waals surface area (Å²) < 4.78 is 5.40. The molecule has 0 aliphatic rings. The van der Waals surface area contributed by atoms with Gasteiger partial charge in [-0.1, -0.05) is 60.7 Å². The van der Waals surface area contributed by atoms with E-state index in [4.69, 9.17) is 4.74 Å². The maximum atomic E-state index is 12.0. The van der Waals surface area contributed by atoms with Gasteiger partial charge in [-0.25, -0.2) is 0 Å². The standard InChI is InChI=1S/C18H21NO3/c1-22-17(15-10-6-3-7-11-15)13-19-18(21)12-16(20)14-8-4-2-5-9-14/h2-11,16-17,20H,12-13H2,1H3,(H,19,21). The molecule has 2 atom stereocenters. The van der Waals surface area contributed by atoms with E-state index in [2.05, 4.69) is 5.32 Å². The second kappa shape index (κ2) is 8.32. The van der Waals surface area contributed by atoms with Crippen LogP contribution >= 0.6 is 0 Å². The summed E-state index contributed by atoms with van der Waals surface area (Å²) in [7, 11) is 1.61. The first-order valence-electron chi connectivity index (χ1n) is 7.28. The summed E-state index contributed by atoms with van der Waals surface area (Å²) in [6, 6.07) is 18.9. The number of aliphatic hydroxyl groups excluding tert-OH is 1. The minimum Gasteiger partial charge on any atom is -0.388 e. The molecule has 0 bridgehead atoms. The Balaban J connectivity index is 1.84. The summed E-state index contributed by atoms with van der Waals surface area (Å²) in [4.78, 5) is 12.0. The Hall–Kier alpha value is -2.17. The van der Waals surface area contributed by atoms with Crippen LogP contribution in [0, 0.1) is 0 Å². The zero-order valence-corrected chi connectivity index (χ0v) is 12.6. The van der Waals surface area contributed by atoms with Crippen molar-refractivity contribution >= 4 is 5.91 Å². The normalized spacial score (nSPS) is 13.4. The van der Waals surface area contributed by atoms with Crippen LogP contribution in [0.2, 0.25) is 0 Å². The minimum atomic E-state index is -0.793. The summed E-state index contributed by atoms with van der Waals surface area (Å²) in [5.74, 6) is -0.200. The lowest BCUT2D eigenvalue weighted by molar-refractivity contribution is -0.123.